The Labute approximate surface area is 448 Å². The number of phenols is 1. The number of aliphatic carboxylic acids is 1. The Balaban J connectivity index is 0.000000174. The molecule has 2 atom stereocenters. The van der Waals surface area contributed by atoms with E-state index in [2.05, 4.69) is 145 Å². The number of carboxylic acid groups (broad SMARTS) is 1. The molecule has 0 bridgehead atoms. The van der Waals surface area contributed by atoms with E-state index in [9.17, 15) is 15.0 Å². The fourth-order valence-corrected chi connectivity index (χ4v) is 10.7. The summed E-state index contributed by atoms with van der Waals surface area (Å²) in [6.45, 7) is 18.8. The van der Waals surface area contributed by atoms with Crippen molar-refractivity contribution in [3.8, 4) is 5.75 Å². The summed E-state index contributed by atoms with van der Waals surface area (Å²) in [7, 11) is 0. The van der Waals surface area contributed by atoms with Gasteiger partial charge in [-0.1, -0.05) is 154 Å². The van der Waals surface area contributed by atoms with Gasteiger partial charge in [-0.15, -0.1) is 0 Å². The minimum absolute atomic E-state index is 0.0303. The van der Waals surface area contributed by atoms with E-state index in [1.54, 1.807) is 12.1 Å². The molecule has 0 aliphatic heterocycles. The molecule has 2 unspecified atom stereocenters. The Hall–Kier alpha value is -6.00. The molecule has 7 aromatic rings. The van der Waals surface area contributed by atoms with Crippen molar-refractivity contribution in [3.05, 3.63) is 230 Å². The third-order valence-corrected chi connectivity index (χ3v) is 14.9. The lowest BCUT2D eigenvalue weighted by Gasteiger charge is -2.14. The molecular weight excluding hydrogens is 962 g/mol. The van der Waals surface area contributed by atoms with Crippen LogP contribution in [0, 0.1) is 48.5 Å². The van der Waals surface area contributed by atoms with Crippen LogP contribution in [0.3, 0.4) is 0 Å². The number of fused-ring (bicyclic) bond motifs is 1. The smallest absolute Gasteiger partial charge is 0.307 e. The molecule has 7 aromatic carbocycles. The highest BCUT2D eigenvalue weighted by atomic mass is 35.5. The summed E-state index contributed by atoms with van der Waals surface area (Å²) >= 11 is 9.82. The van der Waals surface area contributed by atoms with Crippen molar-refractivity contribution >= 4 is 52.5 Å². The van der Waals surface area contributed by atoms with E-state index in [4.69, 9.17) is 21.8 Å². The first kappa shape index (κ1) is 57.9. The number of halogens is 1. The summed E-state index contributed by atoms with van der Waals surface area (Å²) < 4.78 is 0. The van der Waals surface area contributed by atoms with Crippen molar-refractivity contribution in [2.75, 3.05) is 5.32 Å². The lowest BCUT2D eigenvalue weighted by molar-refractivity contribution is -0.136. The largest absolute Gasteiger partial charge is 0.508 e. The number of rotatable bonds is 8. The summed E-state index contributed by atoms with van der Waals surface area (Å²) in [6, 6.07) is 48.8. The molecule has 382 valence electrons. The Morgan fingerprint density at radius 2 is 1.27 bits per heavy atom. The van der Waals surface area contributed by atoms with E-state index in [1.165, 1.54) is 76.2 Å². The third kappa shape index (κ3) is 19.1. The van der Waals surface area contributed by atoms with Crippen LogP contribution in [0.25, 0.3) is 0 Å². The second-order valence-corrected chi connectivity index (χ2v) is 21.4. The predicted octanol–water partition coefficient (Wildman–Crippen LogP) is 17.3. The molecule has 5 N–H and O–H groups in total. The number of aryl methyl sites for hydroxylation is 8. The quantitative estimate of drug-likeness (QED) is 0.0582. The van der Waals surface area contributed by atoms with E-state index in [0.29, 0.717) is 16.3 Å². The van der Waals surface area contributed by atoms with Gasteiger partial charge < -0.3 is 25.7 Å². The van der Waals surface area contributed by atoms with Gasteiger partial charge in [-0.25, -0.2) is 0 Å². The first-order valence-electron chi connectivity index (χ1n) is 24.8. The molecule has 0 fully saturated rings. The Bertz CT molecular complexity index is 2980. The number of phenolic OH excluding ortho intramolecular Hbond substituents is 1. The van der Waals surface area contributed by atoms with Crippen molar-refractivity contribution in [1.82, 2.24) is 0 Å². The van der Waals surface area contributed by atoms with Gasteiger partial charge >= 0.3 is 5.97 Å². The summed E-state index contributed by atoms with van der Waals surface area (Å²) in [5.74, 6) is -0.933. The van der Waals surface area contributed by atoms with Gasteiger partial charge in [0.1, 0.15) is 11.9 Å². The van der Waals surface area contributed by atoms with Crippen molar-refractivity contribution < 1.29 is 25.2 Å². The fourth-order valence-electron chi connectivity index (χ4n) is 8.30. The van der Waals surface area contributed by atoms with Crippen molar-refractivity contribution in [1.29, 1.82) is 0 Å². The Kier molecular flexibility index (Phi) is 23.0. The maximum absolute atomic E-state index is 10.9. The fraction of sp³-hybridized carbons (Fsp3) is 0.266. The minimum Gasteiger partial charge on any atom is -0.508 e. The number of aromatic hydroxyl groups is 1. The van der Waals surface area contributed by atoms with Crippen LogP contribution < -0.4 is 5.32 Å². The van der Waals surface area contributed by atoms with Gasteiger partial charge in [0.2, 0.25) is 0 Å². The van der Waals surface area contributed by atoms with E-state index in [0.717, 1.165) is 54.5 Å². The molecule has 0 saturated carbocycles. The third-order valence-electron chi connectivity index (χ3n) is 12.3. The second-order valence-electron chi connectivity index (χ2n) is 18.8. The number of aliphatic hydroxyl groups excluding tert-OH is 2. The van der Waals surface area contributed by atoms with Gasteiger partial charge in [-0.3, -0.25) is 4.79 Å². The second kappa shape index (κ2) is 29.0. The first-order chi connectivity index (χ1) is 34.9. The SMILES string of the molecule is C/C=C1\CCCc2ccccc2C1O.CC1=CC(O)CC1.Cc1cccc(Cl)c1Nc1ccc(O)cc1CC(=O)O.Cc1cccc(Sc2cc(C)ccc2C)c1.Cc1cccc(Sc2ccc(C)cc2C)c1. The maximum Gasteiger partial charge on any atom is 0.307 e. The van der Waals surface area contributed by atoms with E-state index >= 15 is 0 Å². The number of carboxylic acids is 1. The van der Waals surface area contributed by atoms with Crippen molar-refractivity contribution in [3.63, 3.8) is 0 Å². The Morgan fingerprint density at radius 1 is 0.644 bits per heavy atom. The molecule has 0 radical (unpaired) electrons. The number of anilines is 2. The molecule has 2 aliphatic carbocycles. The average Bonchev–Trinajstić information content (AvgIpc) is 3.65. The van der Waals surface area contributed by atoms with Crippen LogP contribution in [0.15, 0.2) is 188 Å². The zero-order valence-corrected chi connectivity index (χ0v) is 46.2. The highest BCUT2D eigenvalue weighted by Crippen LogP contribution is 2.35. The van der Waals surface area contributed by atoms with Crippen LogP contribution in [0.5, 0.6) is 5.75 Å². The normalized spacial score (nSPS) is 15.0. The van der Waals surface area contributed by atoms with Crippen LogP contribution in [-0.2, 0) is 17.6 Å². The topological polar surface area (TPSA) is 110 Å². The number of nitrogens with one attached hydrogen (secondary N) is 1. The monoisotopic (exact) mass is 1030 g/mol. The lowest BCUT2D eigenvalue weighted by Crippen LogP contribution is -2.04. The molecule has 6 nitrogen and oxygen atoms in total. The van der Waals surface area contributed by atoms with Gasteiger partial charge in [-0.2, -0.15) is 0 Å². The molecule has 9 rings (SSSR count). The molecule has 0 amide bonds. The lowest BCUT2D eigenvalue weighted by atomic mass is 9.98. The van der Waals surface area contributed by atoms with Crippen LogP contribution in [0.1, 0.15) is 101 Å². The van der Waals surface area contributed by atoms with Crippen LogP contribution in [-0.4, -0.2) is 32.5 Å². The van der Waals surface area contributed by atoms with E-state index in [-0.39, 0.29) is 24.4 Å². The zero-order chi connectivity index (χ0) is 53.0. The van der Waals surface area contributed by atoms with E-state index < -0.39 is 5.97 Å². The minimum atomic E-state index is -0.963. The molecule has 0 aromatic heterocycles. The summed E-state index contributed by atoms with van der Waals surface area (Å²) in [6.07, 6.45) is 8.55. The summed E-state index contributed by atoms with van der Waals surface area (Å²) in [4.78, 5) is 16.2. The highest BCUT2D eigenvalue weighted by molar-refractivity contribution is 7.99. The zero-order valence-electron chi connectivity index (χ0n) is 43.8. The number of hydrogen-bond acceptors (Lipinski definition) is 7. The molecule has 0 heterocycles. The Morgan fingerprint density at radius 3 is 1.86 bits per heavy atom. The molecular formula is C64H72ClNO5S2. The number of para-hydroxylation sites is 1. The van der Waals surface area contributed by atoms with Gasteiger partial charge in [0.05, 0.1) is 23.2 Å². The standard InChI is InChI=1S/C15H14ClNO3.2C15H16S.C13H16O.C6H10O/c1-9-3-2-4-12(16)15(9)17-13-6-5-11(18)7-10(13)8-14(19)20;1-11-5-4-6-14(10-11)16-15-8-7-12(2)9-13(15)3;1-11-5-4-6-14(9-11)16-15-10-12(2)7-8-13(15)3;1-2-10-7-5-8-11-6-3-4-9-12(11)13(10)14;1-5-2-3-6(7)4-5/h2-7,17-18H,8H2,1H3,(H,19,20);2*4-10H,1-3H3;2-4,6,9,13-14H,5,7-8H2,1H3;4,6-7H,2-3H2,1H3/b;;;10-2+;. The van der Waals surface area contributed by atoms with Crippen LogP contribution >= 0.6 is 35.1 Å². The summed E-state index contributed by atoms with van der Waals surface area (Å²) in [5, 5.41) is 41.0. The van der Waals surface area contributed by atoms with Crippen molar-refractivity contribution in [2.45, 2.75) is 133 Å². The van der Waals surface area contributed by atoms with E-state index in [1.807, 2.05) is 79.9 Å². The highest BCUT2D eigenvalue weighted by Gasteiger charge is 2.19. The van der Waals surface area contributed by atoms with Gasteiger partial charge in [-0.05, 0) is 200 Å². The number of benzene rings is 7. The number of aliphatic hydroxyl groups is 2. The van der Waals surface area contributed by atoms with Gasteiger partial charge in [0, 0.05) is 25.3 Å². The molecule has 73 heavy (non-hydrogen) atoms. The molecule has 0 saturated heterocycles. The number of hydrogen-bond donors (Lipinski definition) is 5. The number of carbonyl (C=O) groups is 1. The summed E-state index contributed by atoms with van der Waals surface area (Å²) in [5.41, 5.74) is 15.6. The van der Waals surface area contributed by atoms with Gasteiger partial charge in [0.15, 0.2) is 0 Å². The predicted molar refractivity (Wildman–Crippen MR) is 308 cm³/mol. The molecule has 2 aliphatic rings. The van der Waals surface area contributed by atoms with Crippen LogP contribution in [0.4, 0.5) is 11.4 Å². The molecule has 0 spiro atoms. The van der Waals surface area contributed by atoms with Crippen molar-refractivity contribution in [2.24, 2.45) is 0 Å². The van der Waals surface area contributed by atoms with Crippen LogP contribution in [0.2, 0.25) is 5.02 Å². The van der Waals surface area contributed by atoms with Gasteiger partial charge in [0.25, 0.3) is 0 Å². The average molecular weight is 1030 g/mol. The first-order valence-corrected chi connectivity index (χ1v) is 26.9. The molecule has 9 heteroatoms. The maximum atomic E-state index is 10.9. The number of allylic oxidation sites excluding steroid dienone is 2.